The van der Waals surface area contributed by atoms with Crippen molar-refractivity contribution in [3.05, 3.63) is 52.4 Å². The van der Waals surface area contributed by atoms with Crippen LogP contribution < -0.4 is 10.6 Å². The van der Waals surface area contributed by atoms with Crippen molar-refractivity contribution in [2.24, 2.45) is 0 Å². The molecular formula is C20H25BrN4O3. The van der Waals surface area contributed by atoms with Crippen LogP contribution in [0, 0.1) is 0 Å². The van der Waals surface area contributed by atoms with E-state index in [0.717, 1.165) is 39.1 Å². The van der Waals surface area contributed by atoms with E-state index in [2.05, 4.69) is 43.4 Å². The van der Waals surface area contributed by atoms with E-state index in [0.29, 0.717) is 22.5 Å². The second kappa shape index (κ2) is 9.86. The van der Waals surface area contributed by atoms with Crippen LogP contribution in [0.2, 0.25) is 0 Å². The summed E-state index contributed by atoms with van der Waals surface area (Å²) in [6.07, 6.45) is 0.916. The van der Waals surface area contributed by atoms with Crippen LogP contribution >= 0.6 is 15.9 Å². The Morgan fingerprint density at radius 1 is 1.11 bits per heavy atom. The molecule has 0 atom stereocenters. The molecule has 2 amide bonds. The second-order valence-electron chi connectivity index (χ2n) is 6.89. The third-order valence-electron chi connectivity index (χ3n) is 4.71. The van der Waals surface area contributed by atoms with Crippen molar-refractivity contribution >= 4 is 33.4 Å². The zero-order chi connectivity index (χ0) is 19.9. The number of piperazine rings is 1. The van der Waals surface area contributed by atoms with Gasteiger partial charge in [-0.25, -0.2) is 0 Å². The lowest BCUT2D eigenvalue weighted by molar-refractivity contribution is 0.0947. The number of hydrogen-bond donors (Lipinski definition) is 2. The van der Waals surface area contributed by atoms with Crippen LogP contribution in [0.3, 0.4) is 0 Å². The number of nitrogens with one attached hydrogen (secondary N) is 2. The molecule has 1 aliphatic rings. The molecule has 2 aromatic rings. The first-order valence-electron chi connectivity index (χ1n) is 9.37. The van der Waals surface area contributed by atoms with Crippen LogP contribution in [-0.4, -0.2) is 67.9 Å². The Morgan fingerprint density at radius 2 is 1.89 bits per heavy atom. The summed E-state index contributed by atoms with van der Waals surface area (Å²) in [4.78, 5) is 29.3. The lowest BCUT2D eigenvalue weighted by Crippen LogP contribution is -2.45. The van der Waals surface area contributed by atoms with Gasteiger partial charge in [0.1, 0.15) is 0 Å². The summed E-state index contributed by atoms with van der Waals surface area (Å²) >= 11 is 3.17. The first-order valence-corrected chi connectivity index (χ1v) is 10.2. The zero-order valence-corrected chi connectivity index (χ0v) is 17.5. The summed E-state index contributed by atoms with van der Waals surface area (Å²) in [6, 6.07) is 10.1. The maximum absolute atomic E-state index is 12.4. The van der Waals surface area contributed by atoms with Crippen LogP contribution in [0.4, 0.5) is 5.69 Å². The summed E-state index contributed by atoms with van der Waals surface area (Å²) in [5, 5.41) is 5.69. The van der Waals surface area contributed by atoms with Gasteiger partial charge in [0.05, 0.1) is 0 Å². The molecule has 1 saturated heterocycles. The van der Waals surface area contributed by atoms with Gasteiger partial charge in [-0.1, -0.05) is 6.07 Å². The van der Waals surface area contributed by atoms with Crippen molar-refractivity contribution in [3.8, 4) is 0 Å². The molecule has 3 rings (SSSR count). The highest BCUT2D eigenvalue weighted by molar-refractivity contribution is 9.10. The summed E-state index contributed by atoms with van der Waals surface area (Å²) in [7, 11) is 2.14. The minimum absolute atomic E-state index is 0.143. The van der Waals surface area contributed by atoms with E-state index in [1.807, 2.05) is 0 Å². The van der Waals surface area contributed by atoms with Gasteiger partial charge in [0.15, 0.2) is 10.4 Å². The molecular weight excluding hydrogens is 424 g/mol. The molecule has 150 valence electrons. The third kappa shape index (κ3) is 5.92. The average molecular weight is 449 g/mol. The van der Waals surface area contributed by atoms with Gasteiger partial charge in [-0.2, -0.15) is 0 Å². The van der Waals surface area contributed by atoms with E-state index in [4.69, 9.17) is 4.42 Å². The standard InChI is InChI=1S/C20H25BrN4O3/c1-24-10-12-25(13-11-24)9-3-8-22-19(26)15-4-2-5-16(14-15)23-20(27)17-6-7-18(21)28-17/h2,4-7,14H,3,8-13H2,1H3,(H,22,26)(H,23,27). The smallest absolute Gasteiger partial charge is 0.291 e. The fraction of sp³-hybridized carbons (Fsp3) is 0.400. The molecule has 2 N–H and O–H groups in total. The highest BCUT2D eigenvalue weighted by Crippen LogP contribution is 2.17. The average Bonchev–Trinajstić information content (AvgIpc) is 3.13. The molecule has 1 aromatic carbocycles. The van der Waals surface area contributed by atoms with E-state index in [-0.39, 0.29) is 17.6 Å². The van der Waals surface area contributed by atoms with E-state index in [9.17, 15) is 9.59 Å². The first kappa shape index (κ1) is 20.6. The Bertz CT molecular complexity index is 815. The highest BCUT2D eigenvalue weighted by atomic mass is 79.9. The molecule has 1 aromatic heterocycles. The molecule has 0 bridgehead atoms. The Labute approximate surface area is 173 Å². The van der Waals surface area contributed by atoms with Crippen molar-refractivity contribution < 1.29 is 14.0 Å². The largest absolute Gasteiger partial charge is 0.444 e. The lowest BCUT2D eigenvalue weighted by Gasteiger charge is -2.32. The lowest BCUT2D eigenvalue weighted by atomic mass is 10.2. The number of rotatable bonds is 7. The molecule has 7 nitrogen and oxygen atoms in total. The predicted molar refractivity (Wildman–Crippen MR) is 112 cm³/mol. The van der Waals surface area contributed by atoms with Gasteiger partial charge in [-0.15, -0.1) is 0 Å². The van der Waals surface area contributed by atoms with Gasteiger partial charge < -0.3 is 24.9 Å². The van der Waals surface area contributed by atoms with Crippen molar-refractivity contribution in [2.45, 2.75) is 6.42 Å². The van der Waals surface area contributed by atoms with Crippen LogP contribution in [0.25, 0.3) is 0 Å². The van der Waals surface area contributed by atoms with E-state index in [1.54, 1.807) is 36.4 Å². The zero-order valence-electron chi connectivity index (χ0n) is 15.9. The van der Waals surface area contributed by atoms with Gasteiger partial charge >= 0.3 is 0 Å². The molecule has 0 aliphatic carbocycles. The fourth-order valence-corrected chi connectivity index (χ4v) is 3.35. The van der Waals surface area contributed by atoms with Crippen molar-refractivity contribution in [2.75, 3.05) is 51.6 Å². The normalized spacial score (nSPS) is 15.4. The van der Waals surface area contributed by atoms with Gasteiger partial charge in [0.2, 0.25) is 0 Å². The summed E-state index contributed by atoms with van der Waals surface area (Å²) in [5.74, 6) is -0.309. The first-order chi connectivity index (χ1) is 13.5. The number of amides is 2. The van der Waals surface area contributed by atoms with Crippen LogP contribution in [0.15, 0.2) is 45.5 Å². The van der Waals surface area contributed by atoms with E-state index in [1.165, 1.54) is 0 Å². The van der Waals surface area contributed by atoms with E-state index >= 15 is 0 Å². The molecule has 8 heteroatoms. The predicted octanol–water partition coefficient (Wildman–Crippen LogP) is 2.66. The SMILES string of the molecule is CN1CCN(CCCNC(=O)c2cccc(NC(=O)c3ccc(Br)o3)c2)CC1. The fourth-order valence-electron chi connectivity index (χ4n) is 3.05. The van der Waals surface area contributed by atoms with Gasteiger partial charge in [0, 0.05) is 44.0 Å². The van der Waals surface area contributed by atoms with Crippen molar-refractivity contribution in [3.63, 3.8) is 0 Å². The number of hydrogen-bond acceptors (Lipinski definition) is 5. The summed E-state index contributed by atoms with van der Waals surface area (Å²) in [6.45, 7) is 5.97. The third-order valence-corrected chi connectivity index (χ3v) is 5.14. The van der Waals surface area contributed by atoms with Gasteiger partial charge in [-0.3, -0.25) is 9.59 Å². The minimum Gasteiger partial charge on any atom is -0.444 e. The highest BCUT2D eigenvalue weighted by Gasteiger charge is 2.14. The molecule has 0 spiro atoms. The number of benzene rings is 1. The molecule has 1 fully saturated rings. The molecule has 0 unspecified atom stereocenters. The van der Waals surface area contributed by atoms with Crippen LogP contribution in [0.5, 0.6) is 0 Å². The number of carbonyl (C=O) groups excluding carboxylic acids is 2. The Hall–Kier alpha value is -2.16. The number of furan rings is 1. The Kier molecular flexibility index (Phi) is 7.24. The van der Waals surface area contributed by atoms with E-state index < -0.39 is 0 Å². The maximum atomic E-state index is 12.4. The van der Waals surface area contributed by atoms with Crippen LogP contribution in [0.1, 0.15) is 27.3 Å². The molecule has 0 radical (unpaired) electrons. The number of halogens is 1. The summed E-state index contributed by atoms with van der Waals surface area (Å²) in [5.41, 5.74) is 1.06. The number of nitrogens with zero attached hydrogens (tertiary/aromatic N) is 2. The molecule has 28 heavy (non-hydrogen) atoms. The van der Waals surface area contributed by atoms with Crippen molar-refractivity contribution in [1.29, 1.82) is 0 Å². The topological polar surface area (TPSA) is 77.8 Å². The second-order valence-corrected chi connectivity index (χ2v) is 7.67. The molecule has 0 saturated carbocycles. The number of anilines is 1. The Balaban J connectivity index is 1.45. The van der Waals surface area contributed by atoms with Crippen molar-refractivity contribution in [1.82, 2.24) is 15.1 Å². The van der Waals surface area contributed by atoms with Gasteiger partial charge in [-0.05, 0) is 66.3 Å². The molecule has 1 aliphatic heterocycles. The maximum Gasteiger partial charge on any atom is 0.291 e. The number of likely N-dealkylation sites (N-methyl/N-ethyl adjacent to an activating group) is 1. The number of carbonyl (C=O) groups is 2. The monoisotopic (exact) mass is 448 g/mol. The van der Waals surface area contributed by atoms with Crippen LogP contribution in [-0.2, 0) is 0 Å². The quantitative estimate of drug-likeness (QED) is 0.636. The molecule has 2 heterocycles. The Morgan fingerprint density at radius 3 is 2.61 bits per heavy atom. The summed E-state index contributed by atoms with van der Waals surface area (Å²) < 4.78 is 5.72. The van der Waals surface area contributed by atoms with Gasteiger partial charge in [0.25, 0.3) is 11.8 Å². The minimum atomic E-state index is -0.365.